The molecule has 20 heavy (non-hydrogen) atoms. The standard InChI is InChI=1S/C12H15ClN2O2S3/c1-8-4-12(19-11(8)5-13)20(16,17)15(3)6-10-7-18-9(2)14-10/h4,7H,5-6H2,1-3H3. The van der Waals surface area contributed by atoms with Crippen LogP contribution in [0.1, 0.15) is 21.1 Å². The highest BCUT2D eigenvalue weighted by Gasteiger charge is 2.24. The number of sulfonamides is 1. The van der Waals surface area contributed by atoms with E-state index in [1.54, 1.807) is 13.1 Å². The van der Waals surface area contributed by atoms with Crippen LogP contribution in [0.25, 0.3) is 0 Å². The van der Waals surface area contributed by atoms with Gasteiger partial charge < -0.3 is 0 Å². The van der Waals surface area contributed by atoms with Crippen LogP contribution in [-0.2, 0) is 22.4 Å². The van der Waals surface area contributed by atoms with E-state index in [1.807, 2.05) is 19.2 Å². The van der Waals surface area contributed by atoms with Gasteiger partial charge in [0.1, 0.15) is 4.21 Å². The van der Waals surface area contributed by atoms with Crippen LogP contribution in [0.4, 0.5) is 0 Å². The van der Waals surface area contributed by atoms with Gasteiger partial charge in [0.25, 0.3) is 10.0 Å². The molecule has 0 saturated heterocycles. The number of hydrogen-bond acceptors (Lipinski definition) is 5. The molecule has 0 unspecified atom stereocenters. The van der Waals surface area contributed by atoms with E-state index in [0.29, 0.717) is 10.1 Å². The van der Waals surface area contributed by atoms with Gasteiger partial charge in [0.05, 0.1) is 23.1 Å². The summed E-state index contributed by atoms with van der Waals surface area (Å²) in [5, 5.41) is 2.81. The van der Waals surface area contributed by atoms with Crippen LogP contribution >= 0.6 is 34.3 Å². The van der Waals surface area contributed by atoms with Gasteiger partial charge in [-0.05, 0) is 25.5 Å². The van der Waals surface area contributed by atoms with Gasteiger partial charge in [0.2, 0.25) is 0 Å². The van der Waals surface area contributed by atoms with Crippen molar-refractivity contribution in [2.75, 3.05) is 7.05 Å². The number of halogens is 1. The molecule has 8 heteroatoms. The van der Waals surface area contributed by atoms with Crippen molar-refractivity contribution in [2.45, 2.75) is 30.5 Å². The Hall–Kier alpha value is -0.470. The first-order chi connectivity index (χ1) is 9.34. The Balaban J connectivity index is 2.24. The number of aryl methyl sites for hydroxylation is 2. The number of hydrogen-bond donors (Lipinski definition) is 0. The van der Waals surface area contributed by atoms with Crippen LogP contribution in [0, 0.1) is 13.8 Å². The summed E-state index contributed by atoms with van der Waals surface area (Å²) >= 11 is 8.55. The van der Waals surface area contributed by atoms with Crippen LogP contribution in [0.15, 0.2) is 15.7 Å². The van der Waals surface area contributed by atoms with E-state index in [2.05, 4.69) is 4.98 Å². The van der Waals surface area contributed by atoms with Gasteiger partial charge in [0.15, 0.2) is 0 Å². The molecule has 0 saturated carbocycles. The van der Waals surface area contributed by atoms with Crippen molar-refractivity contribution >= 4 is 44.3 Å². The molecule has 2 heterocycles. The molecular formula is C12H15ClN2O2S3. The third-order valence-corrected chi connectivity index (χ3v) is 7.57. The zero-order valence-corrected chi connectivity index (χ0v) is 14.6. The maximum atomic E-state index is 12.5. The summed E-state index contributed by atoms with van der Waals surface area (Å²) in [4.78, 5) is 5.18. The number of rotatable bonds is 5. The van der Waals surface area contributed by atoms with Gasteiger partial charge in [0, 0.05) is 17.3 Å². The lowest BCUT2D eigenvalue weighted by Crippen LogP contribution is -2.26. The second-order valence-electron chi connectivity index (χ2n) is 4.42. The van der Waals surface area contributed by atoms with Crippen molar-refractivity contribution in [2.24, 2.45) is 0 Å². The number of thiophene rings is 1. The van der Waals surface area contributed by atoms with Crippen LogP contribution in [0.3, 0.4) is 0 Å². The van der Waals surface area contributed by atoms with Gasteiger partial charge in [-0.3, -0.25) is 0 Å². The smallest absolute Gasteiger partial charge is 0.245 e. The molecule has 2 aromatic heterocycles. The summed E-state index contributed by atoms with van der Waals surface area (Å²) in [5.74, 6) is 0.334. The number of alkyl halides is 1. The first kappa shape index (κ1) is 15.9. The predicted octanol–water partition coefficient (Wildman–Crippen LogP) is 3.38. The van der Waals surface area contributed by atoms with Crippen LogP contribution in [-0.4, -0.2) is 24.8 Å². The van der Waals surface area contributed by atoms with Crippen molar-refractivity contribution < 1.29 is 8.42 Å². The highest BCUT2D eigenvalue weighted by molar-refractivity contribution is 7.91. The van der Waals surface area contributed by atoms with Crippen LogP contribution in [0.5, 0.6) is 0 Å². The van der Waals surface area contributed by atoms with Crippen LogP contribution in [0.2, 0.25) is 0 Å². The molecule has 0 fully saturated rings. The van der Waals surface area contributed by atoms with Crippen molar-refractivity contribution in [1.29, 1.82) is 0 Å². The molecule has 0 radical (unpaired) electrons. The molecule has 0 spiro atoms. The third kappa shape index (κ3) is 3.23. The average Bonchev–Trinajstić information content (AvgIpc) is 2.95. The first-order valence-electron chi connectivity index (χ1n) is 5.87. The first-order valence-corrected chi connectivity index (χ1v) is 9.54. The fourth-order valence-electron chi connectivity index (χ4n) is 1.70. The Morgan fingerprint density at radius 3 is 2.60 bits per heavy atom. The van der Waals surface area contributed by atoms with Gasteiger partial charge in [-0.1, -0.05) is 0 Å². The molecule has 0 atom stereocenters. The molecule has 0 aliphatic rings. The van der Waals surface area contributed by atoms with E-state index in [4.69, 9.17) is 11.6 Å². The highest BCUT2D eigenvalue weighted by atomic mass is 35.5. The molecule has 0 N–H and O–H groups in total. The summed E-state index contributed by atoms with van der Waals surface area (Å²) in [6.45, 7) is 4.05. The number of thiazole rings is 1. The lowest BCUT2D eigenvalue weighted by molar-refractivity contribution is 0.464. The molecule has 4 nitrogen and oxygen atoms in total. The normalized spacial score (nSPS) is 12.2. The van der Waals surface area contributed by atoms with Gasteiger partial charge >= 0.3 is 0 Å². The summed E-state index contributed by atoms with van der Waals surface area (Å²) in [7, 11) is -1.91. The van der Waals surface area contributed by atoms with Crippen molar-refractivity contribution in [3.8, 4) is 0 Å². The average molecular weight is 351 g/mol. The minimum Gasteiger partial charge on any atom is -0.245 e. The summed E-state index contributed by atoms with van der Waals surface area (Å²) in [6.07, 6.45) is 0. The van der Waals surface area contributed by atoms with Crippen LogP contribution < -0.4 is 0 Å². The summed E-state index contributed by atoms with van der Waals surface area (Å²) < 4.78 is 26.6. The number of nitrogens with zero attached hydrogens (tertiary/aromatic N) is 2. The topological polar surface area (TPSA) is 50.3 Å². The second-order valence-corrected chi connectivity index (χ2v) is 9.16. The Morgan fingerprint density at radius 2 is 2.10 bits per heavy atom. The van der Waals surface area contributed by atoms with Crippen molar-refractivity contribution in [3.63, 3.8) is 0 Å². The van der Waals surface area contributed by atoms with E-state index in [1.165, 1.54) is 27.0 Å². The van der Waals surface area contributed by atoms with Crippen molar-refractivity contribution in [3.05, 3.63) is 32.6 Å². The Morgan fingerprint density at radius 1 is 1.40 bits per heavy atom. The lowest BCUT2D eigenvalue weighted by Gasteiger charge is -2.14. The molecule has 0 aliphatic heterocycles. The highest BCUT2D eigenvalue weighted by Crippen LogP contribution is 2.29. The maximum absolute atomic E-state index is 12.5. The fraction of sp³-hybridized carbons (Fsp3) is 0.417. The fourth-order valence-corrected chi connectivity index (χ4v) is 5.47. The zero-order valence-electron chi connectivity index (χ0n) is 11.4. The summed E-state index contributed by atoms with van der Waals surface area (Å²) in [5.41, 5.74) is 1.69. The second kappa shape index (κ2) is 6.11. The zero-order chi connectivity index (χ0) is 14.9. The lowest BCUT2D eigenvalue weighted by atomic mass is 10.3. The van der Waals surface area contributed by atoms with E-state index in [0.717, 1.165) is 21.1 Å². The molecule has 110 valence electrons. The number of aromatic nitrogens is 1. The Labute approximate surface area is 132 Å². The SMILES string of the molecule is Cc1nc(CN(C)S(=O)(=O)c2cc(C)c(CCl)s2)cs1. The Kier molecular flexibility index (Phi) is 4.86. The molecule has 0 amide bonds. The molecule has 0 aliphatic carbocycles. The van der Waals surface area contributed by atoms with Crippen molar-refractivity contribution in [1.82, 2.24) is 9.29 Å². The van der Waals surface area contributed by atoms with E-state index >= 15 is 0 Å². The van der Waals surface area contributed by atoms with E-state index < -0.39 is 10.0 Å². The molecule has 2 aromatic rings. The van der Waals surface area contributed by atoms with Gasteiger partial charge in [-0.2, -0.15) is 4.31 Å². The maximum Gasteiger partial charge on any atom is 0.252 e. The largest absolute Gasteiger partial charge is 0.252 e. The predicted molar refractivity (Wildman–Crippen MR) is 84.1 cm³/mol. The molecular weight excluding hydrogens is 336 g/mol. The van der Waals surface area contributed by atoms with Gasteiger partial charge in [-0.25, -0.2) is 13.4 Å². The molecule has 0 aromatic carbocycles. The molecule has 0 bridgehead atoms. The van der Waals surface area contributed by atoms with E-state index in [-0.39, 0.29) is 6.54 Å². The minimum absolute atomic E-state index is 0.278. The third-order valence-electron chi connectivity index (χ3n) is 2.84. The minimum atomic E-state index is -3.48. The molecule has 2 rings (SSSR count). The van der Waals surface area contributed by atoms with Gasteiger partial charge in [-0.15, -0.1) is 34.3 Å². The monoisotopic (exact) mass is 350 g/mol. The summed E-state index contributed by atoms with van der Waals surface area (Å²) in [6, 6.07) is 1.68. The Bertz CT molecular complexity index is 706. The van der Waals surface area contributed by atoms with E-state index in [9.17, 15) is 8.42 Å². The quantitative estimate of drug-likeness (QED) is 0.777.